The summed E-state index contributed by atoms with van der Waals surface area (Å²) >= 11 is 0. The van der Waals surface area contributed by atoms with Gasteiger partial charge in [-0.05, 0) is 61.7 Å². The Hall–Kier alpha value is -2.37. The summed E-state index contributed by atoms with van der Waals surface area (Å²) in [5.74, 6) is 0.910. The number of Topliss-reactive ketones (excluding diaryl/α,β-unsaturated/α-hetero) is 1. The van der Waals surface area contributed by atoms with E-state index in [2.05, 4.69) is 5.32 Å². The second-order valence-electron chi connectivity index (χ2n) is 5.71. The largest absolute Gasteiger partial charge is 0.494 e. The average molecular weight is 327 g/mol. The van der Waals surface area contributed by atoms with Gasteiger partial charge in [0.2, 0.25) is 0 Å². The molecule has 0 aliphatic rings. The molecule has 5 N–H and O–H groups in total. The lowest BCUT2D eigenvalue weighted by Gasteiger charge is -2.10. The predicted octanol–water partition coefficient (Wildman–Crippen LogP) is 3.08. The Morgan fingerprint density at radius 2 is 1.71 bits per heavy atom. The van der Waals surface area contributed by atoms with Crippen LogP contribution < -0.4 is 21.5 Å². The number of ether oxygens (including phenoxy) is 1. The summed E-state index contributed by atoms with van der Waals surface area (Å²) in [6.45, 7) is 3.10. The molecule has 2 rings (SSSR count). The maximum Gasteiger partial charge on any atom is 0.159 e. The van der Waals surface area contributed by atoms with Crippen molar-refractivity contribution in [2.24, 2.45) is 11.5 Å². The van der Waals surface area contributed by atoms with E-state index in [1.807, 2.05) is 48.5 Å². The van der Waals surface area contributed by atoms with Crippen molar-refractivity contribution >= 4 is 11.5 Å². The molecule has 0 saturated carbocycles. The highest BCUT2D eigenvalue weighted by atomic mass is 16.5. The SMILES string of the molecule is CC(=O)c1ccc(NCCCCOc2ccc(C(N)N)cc2)cc1. The van der Waals surface area contributed by atoms with Gasteiger partial charge < -0.3 is 21.5 Å². The van der Waals surface area contributed by atoms with Crippen molar-refractivity contribution in [1.29, 1.82) is 0 Å². The van der Waals surface area contributed by atoms with Crippen molar-refractivity contribution in [1.82, 2.24) is 0 Å². The molecular formula is C19H25N3O2. The molecular weight excluding hydrogens is 302 g/mol. The average Bonchev–Trinajstić information content (AvgIpc) is 2.58. The van der Waals surface area contributed by atoms with Crippen molar-refractivity contribution in [2.75, 3.05) is 18.5 Å². The van der Waals surface area contributed by atoms with Crippen LogP contribution in [0.4, 0.5) is 5.69 Å². The first-order valence-electron chi connectivity index (χ1n) is 8.15. The molecule has 0 radical (unpaired) electrons. The summed E-state index contributed by atoms with van der Waals surface area (Å²) in [6, 6.07) is 15.1. The highest BCUT2D eigenvalue weighted by molar-refractivity contribution is 5.94. The molecule has 0 amide bonds. The second kappa shape index (κ2) is 9.05. The lowest BCUT2D eigenvalue weighted by atomic mass is 10.1. The zero-order chi connectivity index (χ0) is 17.4. The molecule has 0 aliphatic carbocycles. The van der Waals surface area contributed by atoms with Gasteiger partial charge in [0.05, 0.1) is 12.8 Å². The quantitative estimate of drug-likeness (QED) is 0.374. The van der Waals surface area contributed by atoms with Gasteiger partial charge in [-0.3, -0.25) is 4.79 Å². The molecule has 0 unspecified atom stereocenters. The Labute approximate surface area is 143 Å². The number of hydrogen-bond donors (Lipinski definition) is 3. The minimum Gasteiger partial charge on any atom is -0.494 e. The van der Waals surface area contributed by atoms with E-state index in [9.17, 15) is 4.79 Å². The molecule has 0 atom stereocenters. The van der Waals surface area contributed by atoms with Crippen LogP contribution in [0.25, 0.3) is 0 Å². The second-order valence-corrected chi connectivity index (χ2v) is 5.71. The van der Waals surface area contributed by atoms with Crippen molar-refractivity contribution in [3.05, 3.63) is 59.7 Å². The third-order valence-corrected chi connectivity index (χ3v) is 3.73. The number of carbonyl (C=O) groups is 1. The number of benzene rings is 2. The minimum atomic E-state index is -0.449. The Morgan fingerprint density at radius 3 is 2.29 bits per heavy atom. The first-order valence-corrected chi connectivity index (χ1v) is 8.15. The maximum atomic E-state index is 11.2. The molecule has 5 heteroatoms. The number of carbonyl (C=O) groups excluding carboxylic acids is 1. The van der Waals surface area contributed by atoms with E-state index >= 15 is 0 Å². The van der Waals surface area contributed by atoms with Gasteiger partial charge in [-0.2, -0.15) is 0 Å². The summed E-state index contributed by atoms with van der Waals surface area (Å²) in [5.41, 5.74) is 13.9. The topological polar surface area (TPSA) is 90.4 Å². The Kier molecular flexibility index (Phi) is 6.78. The standard InChI is InChI=1S/C19H25N3O2/c1-14(23)15-4-8-17(9-5-15)22-12-2-3-13-24-18-10-6-16(7-11-18)19(20)21/h4-11,19,22H,2-3,12-13,20-21H2,1H3. The van der Waals surface area contributed by atoms with Crippen LogP contribution in [0.1, 0.15) is 41.9 Å². The van der Waals surface area contributed by atoms with E-state index in [0.717, 1.165) is 42.0 Å². The highest BCUT2D eigenvalue weighted by Crippen LogP contribution is 2.15. The molecule has 2 aromatic rings. The van der Waals surface area contributed by atoms with Crippen LogP contribution in [0.2, 0.25) is 0 Å². The van der Waals surface area contributed by atoms with Crippen LogP contribution in [0.15, 0.2) is 48.5 Å². The molecule has 0 aliphatic heterocycles. The van der Waals surface area contributed by atoms with Crippen LogP contribution in [0.5, 0.6) is 5.75 Å². The number of nitrogens with two attached hydrogens (primary N) is 2. The highest BCUT2D eigenvalue weighted by Gasteiger charge is 2.00. The van der Waals surface area contributed by atoms with E-state index in [1.54, 1.807) is 6.92 Å². The maximum absolute atomic E-state index is 11.2. The van der Waals surface area contributed by atoms with Crippen molar-refractivity contribution in [3.8, 4) is 5.75 Å². The van der Waals surface area contributed by atoms with E-state index in [1.165, 1.54) is 0 Å². The number of hydrogen-bond acceptors (Lipinski definition) is 5. The van der Waals surface area contributed by atoms with Gasteiger partial charge in [-0.15, -0.1) is 0 Å². The number of ketones is 1. The molecule has 128 valence electrons. The molecule has 0 fully saturated rings. The molecule has 0 bridgehead atoms. The molecule has 0 saturated heterocycles. The van der Waals surface area contributed by atoms with Crippen molar-refractivity contribution in [3.63, 3.8) is 0 Å². The van der Waals surface area contributed by atoms with E-state index < -0.39 is 6.17 Å². The first kappa shape index (κ1) is 18.0. The number of nitrogens with one attached hydrogen (secondary N) is 1. The minimum absolute atomic E-state index is 0.0835. The number of rotatable bonds is 9. The third-order valence-electron chi connectivity index (χ3n) is 3.73. The normalized spacial score (nSPS) is 10.7. The Balaban J connectivity index is 1.62. The summed E-state index contributed by atoms with van der Waals surface area (Å²) in [5, 5.41) is 3.33. The van der Waals surface area contributed by atoms with Gasteiger partial charge >= 0.3 is 0 Å². The summed E-state index contributed by atoms with van der Waals surface area (Å²) in [4.78, 5) is 11.2. The Morgan fingerprint density at radius 1 is 1.04 bits per heavy atom. The molecule has 5 nitrogen and oxygen atoms in total. The van der Waals surface area contributed by atoms with Crippen LogP contribution >= 0.6 is 0 Å². The zero-order valence-corrected chi connectivity index (χ0v) is 14.0. The fourth-order valence-corrected chi connectivity index (χ4v) is 2.26. The smallest absolute Gasteiger partial charge is 0.159 e. The number of anilines is 1. The Bertz CT molecular complexity index is 637. The van der Waals surface area contributed by atoms with Crippen LogP contribution in [0, 0.1) is 0 Å². The first-order chi connectivity index (χ1) is 11.6. The van der Waals surface area contributed by atoms with Crippen molar-refractivity contribution in [2.45, 2.75) is 25.9 Å². The summed E-state index contributed by atoms with van der Waals surface area (Å²) < 4.78 is 5.69. The van der Waals surface area contributed by atoms with Gasteiger partial charge in [0.25, 0.3) is 0 Å². The fourth-order valence-electron chi connectivity index (χ4n) is 2.26. The fraction of sp³-hybridized carbons (Fsp3) is 0.316. The molecule has 24 heavy (non-hydrogen) atoms. The van der Waals surface area contributed by atoms with Gasteiger partial charge in [-0.25, -0.2) is 0 Å². The van der Waals surface area contributed by atoms with Gasteiger partial charge in [0.15, 0.2) is 5.78 Å². The summed E-state index contributed by atoms with van der Waals surface area (Å²) in [7, 11) is 0. The summed E-state index contributed by atoms with van der Waals surface area (Å²) in [6.07, 6.45) is 1.51. The zero-order valence-electron chi connectivity index (χ0n) is 14.0. The van der Waals surface area contributed by atoms with Gasteiger partial charge in [0.1, 0.15) is 5.75 Å². The van der Waals surface area contributed by atoms with E-state index in [4.69, 9.17) is 16.2 Å². The van der Waals surface area contributed by atoms with Crippen LogP contribution in [-0.4, -0.2) is 18.9 Å². The number of unbranched alkanes of at least 4 members (excludes halogenated alkanes) is 1. The van der Waals surface area contributed by atoms with E-state index in [0.29, 0.717) is 6.61 Å². The van der Waals surface area contributed by atoms with Crippen LogP contribution in [-0.2, 0) is 0 Å². The van der Waals surface area contributed by atoms with E-state index in [-0.39, 0.29) is 5.78 Å². The monoisotopic (exact) mass is 327 g/mol. The van der Waals surface area contributed by atoms with Gasteiger partial charge in [-0.1, -0.05) is 12.1 Å². The molecule has 0 heterocycles. The van der Waals surface area contributed by atoms with Gasteiger partial charge in [0, 0.05) is 17.8 Å². The van der Waals surface area contributed by atoms with Crippen molar-refractivity contribution < 1.29 is 9.53 Å². The molecule has 2 aromatic carbocycles. The predicted molar refractivity (Wildman–Crippen MR) is 97.2 cm³/mol. The lowest BCUT2D eigenvalue weighted by molar-refractivity contribution is 0.101. The molecule has 0 spiro atoms. The van der Waals surface area contributed by atoms with Crippen LogP contribution in [0.3, 0.4) is 0 Å². The molecule has 0 aromatic heterocycles. The third kappa shape index (κ3) is 5.68. The lowest BCUT2D eigenvalue weighted by Crippen LogP contribution is -2.19.